The summed E-state index contributed by atoms with van der Waals surface area (Å²) >= 11 is 0. The summed E-state index contributed by atoms with van der Waals surface area (Å²) in [6.07, 6.45) is 3.63. The van der Waals surface area contributed by atoms with E-state index >= 15 is 0 Å². The molecule has 2 rings (SSSR count). The molecule has 0 aromatic heterocycles. The smallest absolute Gasteiger partial charge is 0.263 e. The normalized spacial score (nSPS) is 25.0. The molecule has 0 saturated heterocycles. The third-order valence-corrected chi connectivity index (χ3v) is 4.91. The molecule has 1 aromatic rings. The molecule has 0 aliphatic heterocycles. The Morgan fingerprint density at radius 1 is 1.06 bits per heavy atom. The van der Waals surface area contributed by atoms with Crippen molar-refractivity contribution >= 4 is 10.1 Å². The van der Waals surface area contributed by atoms with Crippen LogP contribution in [-0.2, 0) is 14.3 Å². The van der Waals surface area contributed by atoms with Gasteiger partial charge in [0.1, 0.15) is 0 Å². The summed E-state index contributed by atoms with van der Waals surface area (Å²) in [6, 6.07) is 6.80. The fourth-order valence-electron chi connectivity index (χ4n) is 2.27. The maximum Gasteiger partial charge on any atom is 0.297 e. The van der Waals surface area contributed by atoms with E-state index in [4.69, 9.17) is 4.18 Å². The first kappa shape index (κ1) is 13.6. The van der Waals surface area contributed by atoms with Gasteiger partial charge in [-0.05, 0) is 50.7 Å². The summed E-state index contributed by atoms with van der Waals surface area (Å²) in [5, 5.41) is 0. The molecule has 0 bridgehead atoms. The van der Waals surface area contributed by atoms with Crippen LogP contribution < -0.4 is 0 Å². The van der Waals surface area contributed by atoms with Crippen molar-refractivity contribution < 1.29 is 12.6 Å². The van der Waals surface area contributed by atoms with Gasteiger partial charge in [-0.15, -0.1) is 0 Å². The van der Waals surface area contributed by atoms with Crippen LogP contribution in [0.4, 0.5) is 0 Å². The van der Waals surface area contributed by atoms with E-state index in [0.717, 1.165) is 31.2 Å². The molecule has 100 valence electrons. The van der Waals surface area contributed by atoms with Gasteiger partial charge in [-0.3, -0.25) is 4.18 Å². The van der Waals surface area contributed by atoms with Crippen LogP contribution in [-0.4, -0.2) is 14.5 Å². The second-order valence-electron chi connectivity index (χ2n) is 5.25. The molecule has 0 unspecified atom stereocenters. The van der Waals surface area contributed by atoms with E-state index in [1.165, 1.54) is 0 Å². The van der Waals surface area contributed by atoms with Crippen molar-refractivity contribution in [2.24, 2.45) is 5.92 Å². The van der Waals surface area contributed by atoms with Gasteiger partial charge in [-0.2, -0.15) is 8.42 Å². The zero-order valence-electron chi connectivity index (χ0n) is 10.9. The van der Waals surface area contributed by atoms with Gasteiger partial charge < -0.3 is 0 Å². The van der Waals surface area contributed by atoms with Crippen molar-refractivity contribution in [3.8, 4) is 0 Å². The average molecular weight is 268 g/mol. The molecule has 3 nitrogen and oxygen atoms in total. The molecule has 1 aliphatic carbocycles. The maximum atomic E-state index is 12.1. The van der Waals surface area contributed by atoms with Crippen molar-refractivity contribution in [2.45, 2.75) is 50.5 Å². The molecule has 4 heteroatoms. The molecule has 0 radical (unpaired) electrons. The van der Waals surface area contributed by atoms with Crippen molar-refractivity contribution in [3.63, 3.8) is 0 Å². The van der Waals surface area contributed by atoms with E-state index in [1.54, 1.807) is 24.3 Å². The van der Waals surface area contributed by atoms with E-state index in [2.05, 4.69) is 6.92 Å². The van der Waals surface area contributed by atoms with E-state index in [0.29, 0.717) is 5.92 Å². The Bertz CT molecular complexity index is 482. The Kier molecular flexibility index (Phi) is 4.07. The van der Waals surface area contributed by atoms with E-state index in [9.17, 15) is 8.42 Å². The van der Waals surface area contributed by atoms with Crippen LogP contribution in [0.3, 0.4) is 0 Å². The van der Waals surface area contributed by atoms with Crippen molar-refractivity contribution in [1.82, 2.24) is 0 Å². The highest BCUT2D eigenvalue weighted by atomic mass is 32.2. The predicted octanol–water partition coefficient (Wildman–Crippen LogP) is 3.28. The summed E-state index contributed by atoms with van der Waals surface area (Å²) in [5.41, 5.74) is 1.04. The third-order valence-electron chi connectivity index (χ3n) is 3.54. The van der Waals surface area contributed by atoms with Crippen LogP contribution in [0.2, 0.25) is 0 Å². The molecule has 0 heterocycles. The quantitative estimate of drug-likeness (QED) is 0.790. The summed E-state index contributed by atoms with van der Waals surface area (Å²) in [4.78, 5) is 0.256. The number of hydrogen-bond acceptors (Lipinski definition) is 3. The molecule has 0 spiro atoms. The summed E-state index contributed by atoms with van der Waals surface area (Å²) in [6.45, 7) is 4.13. The maximum absolute atomic E-state index is 12.1. The zero-order valence-corrected chi connectivity index (χ0v) is 11.7. The predicted molar refractivity (Wildman–Crippen MR) is 70.9 cm³/mol. The van der Waals surface area contributed by atoms with E-state index in [1.807, 2.05) is 6.92 Å². The standard InChI is InChI=1S/C14H20O3S/c1-11-3-7-13(8-4-11)17-18(15,16)14-9-5-12(2)6-10-14/h5-6,9-11,13H,3-4,7-8H2,1-2H3. The first-order valence-corrected chi connectivity index (χ1v) is 7.88. The van der Waals surface area contributed by atoms with Crippen LogP contribution in [0.15, 0.2) is 29.2 Å². The number of rotatable bonds is 3. The molecular weight excluding hydrogens is 248 g/mol. The lowest BCUT2D eigenvalue weighted by Gasteiger charge is -2.25. The topological polar surface area (TPSA) is 43.4 Å². The molecule has 1 saturated carbocycles. The van der Waals surface area contributed by atoms with Crippen LogP contribution in [0, 0.1) is 12.8 Å². The first-order chi connectivity index (χ1) is 8.47. The molecule has 1 fully saturated rings. The Hall–Kier alpha value is -0.870. The highest BCUT2D eigenvalue weighted by molar-refractivity contribution is 7.86. The molecule has 0 N–H and O–H groups in total. The number of aryl methyl sites for hydroxylation is 1. The lowest BCUT2D eigenvalue weighted by molar-refractivity contribution is 0.142. The first-order valence-electron chi connectivity index (χ1n) is 6.47. The minimum absolute atomic E-state index is 0.146. The van der Waals surface area contributed by atoms with Crippen LogP contribution in [0.25, 0.3) is 0 Å². The molecule has 1 aliphatic rings. The molecular formula is C14H20O3S. The van der Waals surface area contributed by atoms with Crippen molar-refractivity contribution in [1.29, 1.82) is 0 Å². The van der Waals surface area contributed by atoms with Crippen LogP contribution in [0.5, 0.6) is 0 Å². The van der Waals surface area contributed by atoms with Gasteiger partial charge in [0.05, 0.1) is 11.0 Å². The fourth-order valence-corrected chi connectivity index (χ4v) is 3.40. The molecule has 18 heavy (non-hydrogen) atoms. The summed E-state index contributed by atoms with van der Waals surface area (Å²) in [7, 11) is -3.59. The Labute approximate surface area is 109 Å². The van der Waals surface area contributed by atoms with E-state index < -0.39 is 10.1 Å². The highest BCUT2D eigenvalue weighted by Crippen LogP contribution is 2.28. The van der Waals surface area contributed by atoms with Gasteiger partial charge in [0.15, 0.2) is 0 Å². The minimum atomic E-state index is -3.59. The van der Waals surface area contributed by atoms with Crippen molar-refractivity contribution in [3.05, 3.63) is 29.8 Å². The van der Waals surface area contributed by atoms with E-state index in [-0.39, 0.29) is 11.0 Å². The largest absolute Gasteiger partial charge is 0.297 e. The number of hydrogen-bond donors (Lipinski definition) is 0. The van der Waals surface area contributed by atoms with Crippen molar-refractivity contribution in [2.75, 3.05) is 0 Å². The minimum Gasteiger partial charge on any atom is -0.263 e. The zero-order chi connectivity index (χ0) is 13.2. The molecule has 0 amide bonds. The van der Waals surface area contributed by atoms with Gasteiger partial charge in [-0.25, -0.2) is 0 Å². The van der Waals surface area contributed by atoms with Crippen LogP contribution >= 0.6 is 0 Å². The van der Waals surface area contributed by atoms with Gasteiger partial charge in [0.25, 0.3) is 10.1 Å². The lowest BCUT2D eigenvalue weighted by atomic mass is 9.89. The summed E-state index contributed by atoms with van der Waals surface area (Å²) in [5.74, 6) is 0.687. The van der Waals surface area contributed by atoms with Crippen LogP contribution in [0.1, 0.15) is 38.2 Å². The monoisotopic (exact) mass is 268 g/mol. The Morgan fingerprint density at radius 2 is 1.61 bits per heavy atom. The van der Waals surface area contributed by atoms with Gasteiger partial charge in [0, 0.05) is 0 Å². The SMILES string of the molecule is Cc1ccc(S(=O)(=O)OC2CCC(C)CC2)cc1. The highest BCUT2D eigenvalue weighted by Gasteiger charge is 2.25. The third kappa shape index (κ3) is 3.33. The molecule has 0 atom stereocenters. The Morgan fingerprint density at radius 3 is 2.17 bits per heavy atom. The lowest BCUT2D eigenvalue weighted by Crippen LogP contribution is -2.23. The van der Waals surface area contributed by atoms with Gasteiger partial charge >= 0.3 is 0 Å². The fraction of sp³-hybridized carbons (Fsp3) is 0.571. The number of benzene rings is 1. The Balaban J connectivity index is 2.05. The molecule has 1 aromatic carbocycles. The average Bonchev–Trinajstić information content (AvgIpc) is 2.32. The second kappa shape index (κ2) is 5.41. The second-order valence-corrected chi connectivity index (χ2v) is 6.82. The summed E-state index contributed by atoms with van der Waals surface area (Å²) < 4.78 is 29.5. The van der Waals surface area contributed by atoms with Gasteiger partial charge in [-0.1, -0.05) is 24.6 Å². The van der Waals surface area contributed by atoms with Gasteiger partial charge in [0.2, 0.25) is 0 Å².